The van der Waals surface area contributed by atoms with E-state index < -0.39 is 31.2 Å². The highest BCUT2D eigenvalue weighted by Crippen LogP contribution is 2.48. The van der Waals surface area contributed by atoms with Gasteiger partial charge < -0.3 is 10.2 Å². The number of sulfone groups is 1. The first-order valence-corrected chi connectivity index (χ1v) is 16.4. The highest BCUT2D eigenvalue weighted by atomic mass is 127. The number of amides is 1. The lowest BCUT2D eigenvalue weighted by atomic mass is 9.83. The van der Waals surface area contributed by atoms with Gasteiger partial charge in [0.1, 0.15) is 4.91 Å². The predicted octanol–water partition coefficient (Wildman–Crippen LogP) is 3.97. The largest absolute Gasteiger partial charge is 0.355 e. The number of rotatable bonds is 8. The predicted molar refractivity (Wildman–Crippen MR) is 156 cm³/mol. The first kappa shape index (κ1) is 29.2. The molecule has 0 aromatic heterocycles. The summed E-state index contributed by atoms with van der Waals surface area (Å²) in [6.45, 7) is 4.79. The third kappa shape index (κ3) is 5.60. The molecule has 1 amide bonds. The number of anilines is 1. The maximum atomic E-state index is 12.8. The number of alkyl halides is 1. The summed E-state index contributed by atoms with van der Waals surface area (Å²) >= 11 is 1.98. The van der Waals surface area contributed by atoms with E-state index in [0.717, 1.165) is 11.4 Å². The number of ketones is 1. The second-order valence-corrected chi connectivity index (χ2v) is 13.6. The molecule has 2 aromatic carbocycles. The van der Waals surface area contributed by atoms with Crippen molar-refractivity contribution in [3.8, 4) is 0 Å². The van der Waals surface area contributed by atoms with Crippen molar-refractivity contribution in [1.29, 1.82) is 0 Å². The van der Waals surface area contributed by atoms with Gasteiger partial charge >= 0.3 is 0 Å². The maximum absolute atomic E-state index is 12.8. The van der Waals surface area contributed by atoms with Crippen LogP contribution in [0.5, 0.6) is 0 Å². The van der Waals surface area contributed by atoms with Crippen LogP contribution >= 0.6 is 22.6 Å². The Hall–Kier alpha value is -2.81. The van der Waals surface area contributed by atoms with Crippen molar-refractivity contribution < 1.29 is 31.0 Å². The monoisotopic (exact) mass is 682 g/mol. The molecular formula is C27H27IN2O7S2. The number of hydrogen-bond acceptors (Lipinski definition) is 7. The Morgan fingerprint density at radius 2 is 1.82 bits per heavy atom. The van der Waals surface area contributed by atoms with Gasteiger partial charge in [0.25, 0.3) is 10.1 Å². The van der Waals surface area contributed by atoms with Crippen LogP contribution < -0.4 is 10.2 Å². The average molecular weight is 683 g/mol. The zero-order valence-electron chi connectivity index (χ0n) is 21.2. The van der Waals surface area contributed by atoms with Crippen LogP contribution in [0.2, 0.25) is 0 Å². The van der Waals surface area contributed by atoms with Crippen molar-refractivity contribution >= 4 is 59.9 Å². The molecule has 0 fully saturated rings. The fourth-order valence-corrected chi connectivity index (χ4v) is 7.12. The number of fused-ring (bicyclic) bond motifs is 2. The molecule has 2 heterocycles. The molecule has 0 saturated heterocycles. The fourth-order valence-electron chi connectivity index (χ4n) is 4.78. The molecule has 0 bridgehead atoms. The molecule has 2 aromatic rings. The SMILES string of the molecule is CC1(C)C(=CC=CC=C2C(=O)c3ccccc3S2(=O)=O)N(CCCNC(=O)CI)c2ccc(S(=O)(=O)O)cc21. The van der Waals surface area contributed by atoms with E-state index in [2.05, 4.69) is 5.32 Å². The number of allylic oxidation sites excluding steroid dienone is 6. The normalized spacial score (nSPS) is 19.6. The second kappa shape index (κ2) is 11.0. The quantitative estimate of drug-likeness (QED) is 0.140. The lowest BCUT2D eigenvalue weighted by Crippen LogP contribution is -2.31. The van der Waals surface area contributed by atoms with Crippen molar-refractivity contribution in [3.63, 3.8) is 0 Å². The summed E-state index contributed by atoms with van der Waals surface area (Å²) in [4.78, 5) is 25.8. The molecule has 0 aliphatic carbocycles. The van der Waals surface area contributed by atoms with Crippen molar-refractivity contribution in [3.05, 3.63) is 88.5 Å². The molecule has 39 heavy (non-hydrogen) atoms. The number of halogens is 1. The van der Waals surface area contributed by atoms with Gasteiger partial charge in [-0.15, -0.1) is 0 Å². The average Bonchev–Trinajstić information content (AvgIpc) is 3.22. The van der Waals surface area contributed by atoms with Crippen molar-refractivity contribution in [2.75, 3.05) is 22.4 Å². The molecule has 0 radical (unpaired) electrons. The van der Waals surface area contributed by atoms with Gasteiger partial charge in [-0.05, 0) is 54.5 Å². The van der Waals surface area contributed by atoms with Crippen molar-refractivity contribution in [2.45, 2.75) is 35.5 Å². The summed E-state index contributed by atoms with van der Waals surface area (Å²) in [5.41, 5.74) is 1.72. The third-order valence-electron chi connectivity index (χ3n) is 6.71. The van der Waals surface area contributed by atoms with Crippen LogP contribution in [-0.2, 0) is 30.2 Å². The molecule has 2 aliphatic heterocycles. The number of carbonyl (C=O) groups is 2. The summed E-state index contributed by atoms with van der Waals surface area (Å²) in [6, 6.07) is 10.5. The molecule has 0 atom stereocenters. The Kier molecular flexibility index (Phi) is 8.22. The Morgan fingerprint density at radius 3 is 2.49 bits per heavy atom. The van der Waals surface area contributed by atoms with Crippen molar-refractivity contribution in [1.82, 2.24) is 5.32 Å². The first-order chi connectivity index (χ1) is 18.3. The topological polar surface area (TPSA) is 138 Å². The third-order valence-corrected chi connectivity index (χ3v) is 10.1. The Bertz CT molecular complexity index is 1660. The van der Waals surface area contributed by atoms with Gasteiger partial charge in [-0.1, -0.05) is 60.7 Å². The Balaban J connectivity index is 1.67. The van der Waals surface area contributed by atoms with E-state index in [-0.39, 0.29) is 26.2 Å². The number of hydrogen-bond donors (Lipinski definition) is 2. The molecule has 0 saturated carbocycles. The number of benzene rings is 2. The van der Waals surface area contributed by atoms with Gasteiger partial charge in [0.15, 0.2) is 0 Å². The number of carbonyl (C=O) groups excluding carboxylic acids is 2. The van der Waals surface area contributed by atoms with Crippen LogP contribution in [0, 0.1) is 0 Å². The van der Waals surface area contributed by atoms with E-state index >= 15 is 0 Å². The number of nitrogens with zero attached hydrogens (tertiary/aromatic N) is 1. The molecule has 12 heteroatoms. The summed E-state index contributed by atoms with van der Waals surface area (Å²) < 4.78 is 59.2. The van der Waals surface area contributed by atoms with E-state index in [4.69, 9.17) is 0 Å². The Labute approximate surface area is 241 Å². The maximum Gasteiger partial charge on any atom is 0.294 e. The highest BCUT2D eigenvalue weighted by molar-refractivity contribution is 14.1. The molecular weight excluding hydrogens is 655 g/mol. The number of Topliss-reactive ketones (excluding diaryl/α,β-unsaturated/α-hetero) is 1. The van der Waals surface area contributed by atoms with Gasteiger partial charge in [-0.3, -0.25) is 14.1 Å². The smallest absolute Gasteiger partial charge is 0.294 e. The lowest BCUT2D eigenvalue weighted by molar-refractivity contribution is -0.118. The summed E-state index contributed by atoms with van der Waals surface area (Å²) in [7, 11) is -8.31. The minimum Gasteiger partial charge on any atom is -0.355 e. The van der Waals surface area contributed by atoms with E-state index in [9.17, 15) is 31.0 Å². The van der Waals surface area contributed by atoms with E-state index in [1.807, 2.05) is 41.3 Å². The van der Waals surface area contributed by atoms with E-state index in [1.54, 1.807) is 30.4 Å². The molecule has 2 N–H and O–H groups in total. The molecule has 0 spiro atoms. The fraction of sp³-hybridized carbons (Fsp3) is 0.259. The van der Waals surface area contributed by atoms with Crippen LogP contribution in [0.15, 0.2) is 87.2 Å². The van der Waals surface area contributed by atoms with E-state index in [1.165, 1.54) is 36.4 Å². The molecule has 2 aliphatic rings. The van der Waals surface area contributed by atoms with Gasteiger partial charge in [0.2, 0.25) is 21.5 Å². The second-order valence-electron chi connectivity index (χ2n) is 9.56. The Morgan fingerprint density at radius 1 is 1.13 bits per heavy atom. The summed E-state index contributed by atoms with van der Waals surface area (Å²) in [5, 5.41) is 2.83. The van der Waals surface area contributed by atoms with Gasteiger partial charge in [0, 0.05) is 35.5 Å². The van der Waals surface area contributed by atoms with E-state index in [0.29, 0.717) is 29.5 Å². The van der Waals surface area contributed by atoms with Crippen molar-refractivity contribution in [2.24, 2.45) is 0 Å². The molecule has 9 nitrogen and oxygen atoms in total. The lowest BCUT2D eigenvalue weighted by Gasteiger charge is -2.27. The molecule has 0 unspecified atom stereocenters. The highest BCUT2D eigenvalue weighted by Gasteiger charge is 2.41. The van der Waals surface area contributed by atoms with Crippen LogP contribution in [-0.4, -0.2) is 50.6 Å². The van der Waals surface area contributed by atoms with Gasteiger partial charge in [-0.2, -0.15) is 8.42 Å². The standard InChI is InChI=1S/C27H27IN2O7S2/c1-27(2)20-16-18(39(35,36)37)12-13-21(20)30(15-7-14-29-25(31)17-28)24(27)11-6-5-10-23-26(32)19-8-3-4-9-22(19)38(23,33)34/h3-6,8-13,16H,7,14-15,17H2,1-2H3,(H,29,31)(H,35,36,37). The summed E-state index contributed by atoms with van der Waals surface area (Å²) in [5.74, 6) is -0.620. The minimum absolute atomic E-state index is 0.00384. The molecule has 4 rings (SSSR count). The minimum atomic E-state index is -4.41. The van der Waals surface area contributed by atoms with Crippen LogP contribution in [0.1, 0.15) is 36.2 Å². The first-order valence-electron chi connectivity index (χ1n) is 12.0. The van der Waals surface area contributed by atoms with Gasteiger partial charge in [0.05, 0.1) is 14.2 Å². The zero-order valence-corrected chi connectivity index (χ0v) is 25.0. The summed E-state index contributed by atoms with van der Waals surface area (Å²) in [6.07, 6.45) is 6.80. The van der Waals surface area contributed by atoms with Crippen LogP contribution in [0.4, 0.5) is 5.69 Å². The van der Waals surface area contributed by atoms with Crippen LogP contribution in [0.3, 0.4) is 0 Å². The molecule has 206 valence electrons. The number of nitrogens with one attached hydrogen (secondary N) is 1. The van der Waals surface area contributed by atoms with Gasteiger partial charge in [-0.25, -0.2) is 8.42 Å². The van der Waals surface area contributed by atoms with Crippen LogP contribution in [0.25, 0.3) is 0 Å². The zero-order chi connectivity index (χ0) is 28.6.